The Kier molecular flexibility index (Phi) is 5.53. The molecule has 0 aliphatic heterocycles. The van der Waals surface area contributed by atoms with Crippen LogP contribution in [0.5, 0.6) is 0 Å². The number of aromatic nitrogens is 2. The first-order valence-electron chi connectivity index (χ1n) is 9.68. The van der Waals surface area contributed by atoms with E-state index < -0.39 is 29.5 Å². The van der Waals surface area contributed by atoms with E-state index in [0.717, 1.165) is 18.2 Å². The molecular weight excluding hydrogens is 453 g/mol. The van der Waals surface area contributed by atoms with Gasteiger partial charge in [-0.1, -0.05) is 12.1 Å². The molecule has 11 heteroatoms. The molecule has 0 saturated carbocycles. The molecular formula is C23H15F3N4O4. The Hall–Kier alpha value is -4.67. The number of aromatic carboxylic acids is 1. The van der Waals surface area contributed by atoms with Gasteiger partial charge in [-0.05, 0) is 59.7 Å². The minimum absolute atomic E-state index is 0.0229. The highest BCUT2D eigenvalue weighted by Gasteiger charge is 2.30. The van der Waals surface area contributed by atoms with E-state index in [2.05, 4.69) is 15.3 Å². The number of anilines is 1. The fourth-order valence-corrected chi connectivity index (χ4v) is 3.30. The van der Waals surface area contributed by atoms with Gasteiger partial charge in [-0.15, -0.1) is 0 Å². The second-order valence-electron chi connectivity index (χ2n) is 7.32. The summed E-state index contributed by atoms with van der Waals surface area (Å²) in [6, 6.07) is 12.9. The summed E-state index contributed by atoms with van der Waals surface area (Å²) >= 11 is 0. The second kappa shape index (κ2) is 8.35. The molecule has 3 aromatic carbocycles. The van der Waals surface area contributed by atoms with E-state index in [4.69, 9.17) is 5.73 Å². The van der Waals surface area contributed by atoms with Gasteiger partial charge in [0.15, 0.2) is 0 Å². The SMILES string of the molecule is NC(=O)c1ccc(-c2cc(C(=O)O)cc(C(=O)Nc3nc4ccc(C(F)(F)F)cc4[nH]3)c2)cc1. The summed E-state index contributed by atoms with van der Waals surface area (Å²) in [4.78, 5) is 42.3. The summed E-state index contributed by atoms with van der Waals surface area (Å²) < 4.78 is 38.8. The zero-order chi connectivity index (χ0) is 24.6. The van der Waals surface area contributed by atoms with Crippen LogP contribution in [0.15, 0.2) is 60.7 Å². The van der Waals surface area contributed by atoms with Gasteiger partial charge in [-0.2, -0.15) is 13.2 Å². The van der Waals surface area contributed by atoms with Crippen LogP contribution in [0.2, 0.25) is 0 Å². The molecule has 0 aliphatic rings. The lowest BCUT2D eigenvalue weighted by Crippen LogP contribution is -2.14. The molecule has 0 unspecified atom stereocenters. The third-order valence-corrected chi connectivity index (χ3v) is 4.99. The van der Waals surface area contributed by atoms with E-state index in [0.29, 0.717) is 11.1 Å². The van der Waals surface area contributed by atoms with E-state index in [9.17, 15) is 32.7 Å². The Balaban J connectivity index is 1.66. The third-order valence-electron chi connectivity index (χ3n) is 4.99. The summed E-state index contributed by atoms with van der Waals surface area (Å²) in [5.41, 5.74) is 5.62. The normalized spacial score (nSPS) is 11.4. The van der Waals surface area contributed by atoms with Crippen LogP contribution in [-0.2, 0) is 6.18 Å². The molecule has 0 radical (unpaired) electrons. The van der Waals surface area contributed by atoms with Crippen molar-refractivity contribution in [3.63, 3.8) is 0 Å². The van der Waals surface area contributed by atoms with Crippen LogP contribution in [0.3, 0.4) is 0 Å². The van der Waals surface area contributed by atoms with Gasteiger partial charge in [0.05, 0.1) is 22.2 Å². The number of carboxylic acids is 1. The minimum Gasteiger partial charge on any atom is -0.478 e. The van der Waals surface area contributed by atoms with Crippen LogP contribution in [-0.4, -0.2) is 32.9 Å². The quantitative estimate of drug-likeness (QED) is 0.346. The first-order chi connectivity index (χ1) is 16.0. The first-order valence-corrected chi connectivity index (χ1v) is 9.68. The number of carboxylic acid groups (broad SMARTS) is 1. The number of benzene rings is 3. The zero-order valence-electron chi connectivity index (χ0n) is 17.1. The molecule has 1 aromatic heterocycles. The highest BCUT2D eigenvalue weighted by Crippen LogP contribution is 2.31. The fourth-order valence-electron chi connectivity index (χ4n) is 3.30. The topological polar surface area (TPSA) is 138 Å². The van der Waals surface area contributed by atoms with E-state index in [1.54, 1.807) is 12.1 Å². The lowest BCUT2D eigenvalue weighted by atomic mass is 9.98. The van der Waals surface area contributed by atoms with Crippen molar-refractivity contribution in [3.8, 4) is 11.1 Å². The molecule has 8 nitrogen and oxygen atoms in total. The maximum atomic E-state index is 12.9. The largest absolute Gasteiger partial charge is 0.478 e. The standard InChI is InChI=1S/C23H15F3N4O4/c24-23(25,26)16-5-6-17-18(10-16)29-22(28-17)30-20(32)14-7-13(8-15(9-14)21(33)34)11-1-3-12(4-2-11)19(27)31/h1-10H,(H2,27,31)(H,33,34)(H2,28,29,30,32). The van der Waals surface area contributed by atoms with E-state index >= 15 is 0 Å². The number of nitrogens with two attached hydrogens (primary N) is 1. The molecule has 0 fully saturated rings. The number of nitrogens with one attached hydrogen (secondary N) is 2. The second-order valence-corrected chi connectivity index (χ2v) is 7.32. The maximum absolute atomic E-state index is 12.9. The number of alkyl halides is 3. The summed E-state index contributed by atoms with van der Waals surface area (Å²) in [6.07, 6.45) is -4.54. The number of aromatic amines is 1. The van der Waals surface area contributed by atoms with Crippen LogP contribution in [0.1, 0.15) is 36.6 Å². The molecule has 0 aliphatic carbocycles. The summed E-state index contributed by atoms with van der Waals surface area (Å²) in [6.45, 7) is 0. The lowest BCUT2D eigenvalue weighted by Gasteiger charge is -2.09. The minimum atomic E-state index is -4.54. The zero-order valence-corrected chi connectivity index (χ0v) is 17.1. The van der Waals surface area contributed by atoms with Gasteiger partial charge in [0.25, 0.3) is 5.91 Å². The number of H-pyrrole nitrogens is 1. The van der Waals surface area contributed by atoms with Crippen LogP contribution in [0.25, 0.3) is 22.2 Å². The van der Waals surface area contributed by atoms with E-state index in [1.807, 2.05) is 0 Å². The van der Waals surface area contributed by atoms with Crippen LogP contribution >= 0.6 is 0 Å². The van der Waals surface area contributed by atoms with Crippen molar-refractivity contribution < 1.29 is 32.7 Å². The number of fused-ring (bicyclic) bond motifs is 1. The highest BCUT2D eigenvalue weighted by molar-refractivity contribution is 6.06. The molecule has 172 valence electrons. The predicted octanol–water partition coefficient (Wildman–Crippen LogP) is 4.30. The number of halogens is 3. The van der Waals surface area contributed by atoms with E-state index in [-0.39, 0.29) is 33.7 Å². The van der Waals surface area contributed by atoms with Crippen molar-refractivity contribution in [1.82, 2.24) is 9.97 Å². The average Bonchev–Trinajstić information content (AvgIpc) is 3.19. The van der Waals surface area contributed by atoms with Gasteiger partial charge in [-0.3, -0.25) is 14.9 Å². The van der Waals surface area contributed by atoms with Gasteiger partial charge >= 0.3 is 12.1 Å². The fraction of sp³-hybridized carbons (Fsp3) is 0.0435. The van der Waals surface area contributed by atoms with Gasteiger partial charge in [-0.25, -0.2) is 9.78 Å². The number of amides is 2. The van der Waals surface area contributed by atoms with Crippen molar-refractivity contribution in [2.45, 2.75) is 6.18 Å². The number of hydrogen-bond acceptors (Lipinski definition) is 4. The van der Waals surface area contributed by atoms with Crippen LogP contribution < -0.4 is 11.1 Å². The molecule has 4 rings (SSSR count). The molecule has 0 atom stereocenters. The summed E-state index contributed by atoms with van der Waals surface area (Å²) in [5, 5.41) is 11.9. The molecule has 1 heterocycles. The van der Waals surface area contributed by atoms with Crippen LogP contribution in [0, 0.1) is 0 Å². The summed E-state index contributed by atoms with van der Waals surface area (Å²) in [5.74, 6) is -2.73. The molecule has 4 aromatic rings. The Morgan fingerprint density at radius 3 is 2.18 bits per heavy atom. The number of rotatable bonds is 5. The number of carbonyl (C=O) groups excluding carboxylic acids is 2. The number of carbonyl (C=O) groups is 3. The molecule has 0 bridgehead atoms. The van der Waals surface area contributed by atoms with Crippen molar-refractivity contribution in [1.29, 1.82) is 0 Å². The Morgan fingerprint density at radius 1 is 0.882 bits per heavy atom. The Bertz CT molecular complexity index is 1440. The van der Waals surface area contributed by atoms with Gasteiger partial charge in [0.2, 0.25) is 11.9 Å². The highest BCUT2D eigenvalue weighted by atomic mass is 19.4. The Labute approximate surface area is 189 Å². The Morgan fingerprint density at radius 2 is 1.56 bits per heavy atom. The lowest BCUT2D eigenvalue weighted by molar-refractivity contribution is -0.137. The van der Waals surface area contributed by atoms with Gasteiger partial charge in [0, 0.05) is 11.1 Å². The van der Waals surface area contributed by atoms with Crippen molar-refractivity contribution in [3.05, 3.63) is 82.9 Å². The molecule has 0 saturated heterocycles. The summed E-state index contributed by atoms with van der Waals surface area (Å²) in [7, 11) is 0. The first kappa shape index (κ1) is 22.5. The maximum Gasteiger partial charge on any atom is 0.416 e. The van der Waals surface area contributed by atoms with Crippen molar-refractivity contribution in [2.24, 2.45) is 5.73 Å². The van der Waals surface area contributed by atoms with Gasteiger partial charge < -0.3 is 15.8 Å². The third kappa shape index (κ3) is 4.58. The number of hydrogen-bond donors (Lipinski definition) is 4. The number of imidazole rings is 1. The predicted molar refractivity (Wildman–Crippen MR) is 116 cm³/mol. The smallest absolute Gasteiger partial charge is 0.416 e. The van der Waals surface area contributed by atoms with Gasteiger partial charge in [0.1, 0.15) is 0 Å². The monoisotopic (exact) mass is 468 g/mol. The molecule has 2 amide bonds. The van der Waals surface area contributed by atoms with Crippen molar-refractivity contribution >= 4 is 34.8 Å². The van der Waals surface area contributed by atoms with E-state index in [1.165, 1.54) is 30.3 Å². The van der Waals surface area contributed by atoms with Crippen LogP contribution in [0.4, 0.5) is 19.1 Å². The average molecular weight is 468 g/mol. The molecule has 5 N–H and O–H groups in total. The number of primary amides is 1. The molecule has 34 heavy (non-hydrogen) atoms. The number of nitrogens with zero attached hydrogens (tertiary/aromatic N) is 1. The molecule has 0 spiro atoms. The van der Waals surface area contributed by atoms with Crippen molar-refractivity contribution in [2.75, 3.05) is 5.32 Å².